The zero-order chi connectivity index (χ0) is 19.2. The van der Waals surface area contributed by atoms with Gasteiger partial charge in [0.1, 0.15) is 5.75 Å². The molecular formula is C21H17ClN2O3. The molecule has 0 radical (unpaired) electrons. The number of ether oxygens (including phenoxy) is 1. The molecule has 0 aliphatic heterocycles. The first-order chi connectivity index (χ1) is 13.1. The summed E-state index contributed by atoms with van der Waals surface area (Å²) in [5, 5.41) is 6.16. The molecule has 3 aromatic rings. The second-order valence-corrected chi connectivity index (χ2v) is 6.13. The number of carbonyl (C=O) groups excluding carboxylic acids is 2. The van der Waals surface area contributed by atoms with E-state index in [-0.39, 0.29) is 11.8 Å². The van der Waals surface area contributed by atoms with E-state index in [1.807, 2.05) is 12.1 Å². The third-order valence-electron chi connectivity index (χ3n) is 3.87. The van der Waals surface area contributed by atoms with Gasteiger partial charge < -0.3 is 15.4 Å². The fourth-order valence-electron chi connectivity index (χ4n) is 2.45. The van der Waals surface area contributed by atoms with Gasteiger partial charge in [0.2, 0.25) is 0 Å². The summed E-state index contributed by atoms with van der Waals surface area (Å²) in [6.07, 6.45) is 0. The fraction of sp³-hybridized carbons (Fsp3) is 0.0476. The molecule has 0 aliphatic carbocycles. The number of nitrogens with one attached hydrogen (secondary N) is 2. The molecule has 27 heavy (non-hydrogen) atoms. The predicted molar refractivity (Wildman–Crippen MR) is 107 cm³/mol. The maximum absolute atomic E-state index is 12.4. The third kappa shape index (κ3) is 4.65. The van der Waals surface area contributed by atoms with Crippen LogP contribution in [0.15, 0.2) is 72.8 Å². The first-order valence-electron chi connectivity index (χ1n) is 8.18. The fourth-order valence-corrected chi connectivity index (χ4v) is 2.58. The monoisotopic (exact) mass is 380 g/mol. The summed E-state index contributed by atoms with van der Waals surface area (Å²) < 4.78 is 5.22. The molecule has 0 saturated heterocycles. The van der Waals surface area contributed by atoms with Crippen molar-refractivity contribution in [3.05, 3.63) is 88.9 Å². The van der Waals surface area contributed by atoms with Crippen molar-refractivity contribution in [2.75, 3.05) is 17.7 Å². The van der Waals surface area contributed by atoms with E-state index >= 15 is 0 Å². The Morgan fingerprint density at radius 1 is 0.778 bits per heavy atom. The standard InChI is InChI=1S/C21H17ClN2O3/c1-27-19-5-3-2-4-18(19)24-21(26)15-8-6-14(7-9-15)20(25)23-17-12-10-16(22)11-13-17/h2-13H,1H3,(H,23,25)(H,24,26). The van der Waals surface area contributed by atoms with Crippen molar-refractivity contribution in [1.82, 2.24) is 0 Å². The summed E-state index contributed by atoms with van der Waals surface area (Å²) in [6.45, 7) is 0. The average molecular weight is 381 g/mol. The van der Waals surface area contributed by atoms with Crippen molar-refractivity contribution in [1.29, 1.82) is 0 Å². The molecule has 0 heterocycles. The van der Waals surface area contributed by atoms with Crippen molar-refractivity contribution in [2.45, 2.75) is 0 Å². The van der Waals surface area contributed by atoms with Crippen LogP contribution in [-0.2, 0) is 0 Å². The largest absolute Gasteiger partial charge is 0.495 e. The molecule has 0 bridgehead atoms. The molecule has 3 aromatic carbocycles. The molecule has 6 heteroatoms. The molecule has 2 amide bonds. The Bertz CT molecular complexity index is 954. The van der Waals surface area contributed by atoms with Crippen LogP contribution in [0, 0.1) is 0 Å². The predicted octanol–water partition coefficient (Wildman–Crippen LogP) is 4.85. The molecule has 2 N–H and O–H groups in total. The zero-order valence-corrected chi connectivity index (χ0v) is 15.3. The Kier molecular flexibility index (Phi) is 5.74. The quantitative estimate of drug-likeness (QED) is 0.664. The summed E-state index contributed by atoms with van der Waals surface area (Å²) in [4.78, 5) is 24.7. The van der Waals surface area contributed by atoms with Gasteiger partial charge in [-0.15, -0.1) is 0 Å². The Hall–Kier alpha value is -3.31. The number of hydrogen-bond donors (Lipinski definition) is 2. The van der Waals surface area contributed by atoms with Crippen molar-refractivity contribution < 1.29 is 14.3 Å². The van der Waals surface area contributed by atoms with Crippen LogP contribution in [0.2, 0.25) is 5.02 Å². The van der Waals surface area contributed by atoms with Crippen molar-refractivity contribution in [3.8, 4) is 5.75 Å². The highest BCUT2D eigenvalue weighted by atomic mass is 35.5. The maximum atomic E-state index is 12.4. The molecule has 0 saturated carbocycles. The maximum Gasteiger partial charge on any atom is 0.255 e. The lowest BCUT2D eigenvalue weighted by Gasteiger charge is -2.10. The summed E-state index contributed by atoms with van der Waals surface area (Å²) in [5.41, 5.74) is 2.10. The highest BCUT2D eigenvalue weighted by Crippen LogP contribution is 2.23. The summed E-state index contributed by atoms with van der Waals surface area (Å²) in [6, 6.07) is 20.4. The summed E-state index contributed by atoms with van der Waals surface area (Å²) in [5.74, 6) is 0.0166. The van der Waals surface area contributed by atoms with Crippen LogP contribution in [0.5, 0.6) is 5.75 Å². The SMILES string of the molecule is COc1ccccc1NC(=O)c1ccc(C(=O)Nc2ccc(Cl)cc2)cc1. The normalized spacial score (nSPS) is 10.1. The second kappa shape index (κ2) is 8.38. The van der Waals surface area contributed by atoms with Gasteiger partial charge >= 0.3 is 0 Å². The second-order valence-electron chi connectivity index (χ2n) is 5.69. The molecule has 0 unspecified atom stereocenters. The van der Waals surface area contributed by atoms with E-state index in [0.29, 0.717) is 33.3 Å². The van der Waals surface area contributed by atoms with E-state index in [1.54, 1.807) is 67.8 Å². The van der Waals surface area contributed by atoms with E-state index in [4.69, 9.17) is 16.3 Å². The van der Waals surface area contributed by atoms with Gasteiger partial charge in [0.25, 0.3) is 11.8 Å². The Labute approximate surface area is 161 Å². The number of para-hydroxylation sites is 2. The molecule has 0 fully saturated rings. The minimum atomic E-state index is -0.288. The van der Waals surface area contributed by atoms with Crippen LogP contribution >= 0.6 is 11.6 Å². The van der Waals surface area contributed by atoms with Gasteiger partial charge in [-0.1, -0.05) is 23.7 Å². The van der Waals surface area contributed by atoms with Gasteiger partial charge in [0.15, 0.2) is 0 Å². The Balaban J connectivity index is 1.68. The number of rotatable bonds is 5. The van der Waals surface area contributed by atoms with Gasteiger partial charge in [-0.05, 0) is 60.7 Å². The lowest BCUT2D eigenvalue weighted by atomic mass is 10.1. The summed E-state index contributed by atoms with van der Waals surface area (Å²) >= 11 is 5.83. The van der Waals surface area contributed by atoms with E-state index in [9.17, 15) is 9.59 Å². The van der Waals surface area contributed by atoms with Crippen LogP contribution in [0.25, 0.3) is 0 Å². The van der Waals surface area contributed by atoms with Crippen LogP contribution in [0.4, 0.5) is 11.4 Å². The molecule has 0 spiro atoms. The number of methoxy groups -OCH3 is 1. The van der Waals surface area contributed by atoms with Crippen LogP contribution in [-0.4, -0.2) is 18.9 Å². The van der Waals surface area contributed by atoms with Gasteiger partial charge in [0, 0.05) is 21.8 Å². The van der Waals surface area contributed by atoms with Crippen molar-refractivity contribution in [2.24, 2.45) is 0 Å². The smallest absolute Gasteiger partial charge is 0.255 e. The van der Waals surface area contributed by atoms with Gasteiger partial charge in [-0.2, -0.15) is 0 Å². The van der Waals surface area contributed by atoms with E-state index in [0.717, 1.165) is 0 Å². The summed E-state index contributed by atoms with van der Waals surface area (Å²) in [7, 11) is 1.54. The van der Waals surface area contributed by atoms with Crippen LogP contribution < -0.4 is 15.4 Å². The van der Waals surface area contributed by atoms with Gasteiger partial charge in [-0.25, -0.2) is 0 Å². The van der Waals surface area contributed by atoms with E-state index < -0.39 is 0 Å². The molecule has 3 rings (SSSR count). The van der Waals surface area contributed by atoms with Gasteiger partial charge in [0.05, 0.1) is 12.8 Å². The first-order valence-corrected chi connectivity index (χ1v) is 8.56. The van der Waals surface area contributed by atoms with Crippen molar-refractivity contribution >= 4 is 34.8 Å². The Morgan fingerprint density at radius 2 is 1.33 bits per heavy atom. The number of carbonyl (C=O) groups is 2. The number of amides is 2. The molecule has 5 nitrogen and oxygen atoms in total. The topological polar surface area (TPSA) is 67.4 Å². The highest BCUT2D eigenvalue weighted by Gasteiger charge is 2.11. The number of benzene rings is 3. The van der Waals surface area contributed by atoms with Crippen LogP contribution in [0.1, 0.15) is 20.7 Å². The number of halogens is 1. The number of hydrogen-bond acceptors (Lipinski definition) is 3. The van der Waals surface area contributed by atoms with E-state index in [1.165, 1.54) is 0 Å². The average Bonchev–Trinajstić information content (AvgIpc) is 2.70. The minimum absolute atomic E-state index is 0.269. The lowest BCUT2D eigenvalue weighted by molar-refractivity contribution is 0.101. The molecule has 136 valence electrons. The van der Waals surface area contributed by atoms with Crippen LogP contribution in [0.3, 0.4) is 0 Å². The first kappa shape index (κ1) is 18.5. The molecule has 0 aliphatic rings. The molecule has 0 aromatic heterocycles. The highest BCUT2D eigenvalue weighted by molar-refractivity contribution is 6.30. The molecule has 0 atom stereocenters. The third-order valence-corrected chi connectivity index (χ3v) is 4.12. The number of anilines is 2. The lowest BCUT2D eigenvalue weighted by Crippen LogP contribution is -2.14. The van der Waals surface area contributed by atoms with E-state index in [2.05, 4.69) is 10.6 Å². The van der Waals surface area contributed by atoms with Gasteiger partial charge in [-0.3, -0.25) is 9.59 Å². The Morgan fingerprint density at radius 3 is 1.93 bits per heavy atom. The molecular weight excluding hydrogens is 364 g/mol. The van der Waals surface area contributed by atoms with Crippen molar-refractivity contribution in [3.63, 3.8) is 0 Å². The minimum Gasteiger partial charge on any atom is -0.495 e. The zero-order valence-electron chi connectivity index (χ0n) is 14.5.